The van der Waals surface area contributed by atoms with Crippen LogP contribution >= 0.6 is 11.6 Å². The molecule has 3 aromatic rings. The Morgan fingerprint density at radius 1 is 0.913 bits per heavy atom. The second kappa shape index (κ2) is 6.77. The van der Waals surface area contributed by atoms with Crippen molar-refractivity contribution in [1.29, 1.82) is 0 Å². The van der Waals surface area contributed by atoms with Crippen LogP contribution in [-0.4, -0.2) is 14.9 Å². The molecule has 2 atom stereocenters. The molecule has 0 amide bonds. The van der Waals surface area contributed by atoms with Crippen LogP contribution in [0.2, 0.25) is 5.02 Å². The number of benzene rings is 2. The zero-order valence-corrected chi connectivity index (χ0v) is 13.0. The Labute approximate surface area is 138 Å². The van der Waals surface area contributed by atoms with Gasteiger partial charge in [0.05, 0.1) is 0 Å². The monoisotopic (exact) mass is 326 g/mol. The first-order valence-electron chi connectivity index (χ1n) is 7.19. The zero-order chi connectivity index (χ0) is 16.2. The Bertz CT molecular complexity index is 831. The lowest BCUT2D eigenvalue weighted by Crippen LogP contribution is -2.31. The molecule has 1 N–H and O–H groups in total. The van der Waals surface area contributed by atoms with Gasteiger partial charge in [0.1, 0.15) is 12.1 Å². The maximum Gasteiger partial charge on any atom is 0.267 e. The highest BCUT2D eigenvalue weighted by molar-refractivity contribution is 6.30. The van der Waals surface area contributed by atoms with E-state index in [-0.39, 0.29) is 5.56 Å². The number of hydrogen-bond acceptors (Lipinski definition) is 3. The number of aliphatic hydroxyl groups is 1. The first kappa shape index (κ1) is 15.5. The standard InChI is InChI=1S/C18H15ClN2O2/c19-15-10-8-14(9-11-15)18(23)17(13-5-2-1-3-6-13)21-16(22)7-4-12-20-21/h1-12,17-18,23H. The summed E-state index contributed by atoms with van der Waals surface area (Å²) in [7, 11) is 0. The van der Waals surface area contributed by atoms with Crippen molar-refractivity contribution in [2.45, 2.75) is 12.1 Å². The van der Waals surface area contributed by atoms with E-state index in [2.05, 4.69) is 5.10 Å². The number of aliphatic hydroxyl groups excluding tert-OH is 1. The summed E-state index contributed by atoms with van der Waals surface area (Å²) >= 11 is 5.91. The molecule has 1 aromatic heterocycles. The Balaban J connectivity index is 2.10. The van der Waals surface area contributed by atoms with Crippen LogP contribution in [0.1, 0.15) is 23.3 Å². The van der Waals surface area contributed by atoms with Gasteiger partial charge in [0.15, 0.2) is 0 Å². The van der Waals surface area contributed by atoms with Crippen LogP contribution in [0.3, 0.4) is 0 Å². The second-order valence-corrected chi connectivity index (χ2v) is 5.59. The highest BCUT2D eigenvalue weighted by atomic mass is 35.5. The Kier molecular flexibility index (Phi) is 4.55. The van der Waals surface area contributed by atoms with Crippen LogP contribution in [0.25, 0.3) is 0 Å². The number of aromatic nitrogens is 2. The van der Waals surface area contributed by atoms with Crippen LogP contribution in [0, 0.1) is 0 Å². The van der Waals surface area contributed by atoms with E-state index in [0.29, 0.717) is 10.6 Å². The third kappa shape index (κ3) is 3.33. The summed E-state index contributed by atoms with van der Waals surface area (Å²) in [6, 6.07) is 18.7. The predicted molar refractivity (Wildman–Crippen MR) is 89.5 cm³/mol. The zero-order valence-electron chi connectivity index (χ0n) is 12.2. The van der Waals surface area contributed by atoms with Gasteiger partial charge in [0, 0.05) is 17.3 Å². The first-order chi connectivity index (χ1) is 11.2. The van der Waals surface area contributed by atoms with Gasteiger partial charge in [0.2, 0.25) is 0 Å². The van der Waals surface area contributed by atoms with Gasteiger partial charge in [-0.25, -0.2) is 4.68 Å². The van der Waals surface area contributed by atoms with E-state index >= 15 is 0 Å². The number of rotatable bonds is 4. The third-order valence-electron chi connectivity index (χ3n) is 3.66. The van der Waals surface area contributed by atoms with Crippen molar-refractivity contribution < 1.29 is 5.11 Å². The first-order valence-corrected chi connectivity index (χ1v) is 7.57. The van der Waals surface area contributed by atoms with Crippen molar-refractivity contribution in [3.05, 3.63) is 99.4 Å². The SMILES string of the molecule is O=c1cccnn1C(c1ccccc1)C(O)c1ccc(Cl)cc1. The molecule has 0 saturated heterocycles. The van der Waals surface area contributed by atoms with Crippen LogP contribution in [0.15, 0.2) is 77.7 Å². The van der Waals surface area contributed by atoms with Crippen molar-refractivity contribution in [3.8, 4) is 0 Å². The van der Waals surface area contributed by atoms with Gasteiger partial charge >= 0.3 is 0 Å². The number of nitrogens with zero attached hydrogens (tertiary/aromatic N) is 2. The molecule has 0 fully saturated rings. The Morgan fingerprint density at radius 3 is 2.26 bits per heavy atom. The van der Waals surface area contributed by atoms with Gasteiger partial charge in [0.25, 0.3) is 5.56 Å². The summed E-state index contributed by atoms with van der Waals surface area (Å²) in [5, 5.41) is 15.6. The predicted octanol–water partition coefficient (Wildman–Crippen LogP) is 3.22. The van der Waals surface area contributed by atoms with E-state index < -0.39 is 12.1 Å². The fraction of sp³-hybridized carbons (Fsp3) is 0.111. The van der Waals surface area contributed by atoms with Crippen molar-refractivity contribution >= 4 is 11.6 Å². The average molecular weight is 327 g/mol. The third-order valence-corrected chi connectivity index (χ3v) is 3.91. The molecule has 5 heteroatoms. The van der Waals surface area contributed by atoms with Crippen molar-refractivity contribution in [1.82, 2.24) is 9.78 Å². The average Bonchev–Trinajstić information content (AvgIpc) is 2.58. The molecule has 0 aliphatic heterocycles. The smallest absolute Gasteiger partial charge is 0.267 e. The lowest BCUT2D eigenvalue weighted by atomic mass is 9.96. The largest absolute Gasteiger partial charge is 0.386 e. The number of halogens is 1. The van der Waals surface area contributed by atoms with Gasteiger partial charge in [-0.15, -0.1) is 0 Å². The molecule has 0 bridgehead atoms. The summed E-state index contributed by atoms with van der Waals surface area (Å²) < 4.78 is 1.30. The lowest BCUT2D eigenvalue weighted by molar-refractivity contribution is 0.123. The molecule has 3 rings (SSSR count). The van der Waals surface area contributed by atoms with Gasteiger partial charge in [-0.1, -0.05) is 54.1 Å². The Hall–Kier alpha value is -2.43. The molecular weight excluding hydrogens is 312 g/mol. The summed E-state index contributed by atoms with van der Waals surface area (Å²) in [6.07, 6.45) is 0.605. The molecule has 4 nitrogen and oxygen atoms in total. The van der Waals surface area contributed by atoms with E-state index in [0.717, 1.165) is 5.56 Å². The maximum absolute atomic E-state index is 12.2. The molecule has 0 spiro atoms. The minimum absolute atomic E-state index is 0.269. The second-order valence-electron chi connectivity index (χ2n) is 5.16. The van der Waals surface area contributed by atoms with E-state index in [4.69, 9.17) is 11.6 Å². The van der Waals surface area contributed by atoms with Crippen molar-refractivity contribution in [3.63, 3.8) is 0 Å². The van der Waals surface area contributed by atoms with Crippen molar-refractivity contribution in [2.75, 3.05) is 0 Å². The molecule has 0 aliphatic carbocycles. The van der Waals surface area contributed by atoms with E-state index in [9.17, 15) is 9.90 Å². The molecule has 0 saturated carbocycles. The van der Waals surface area contributed by atoms with E-state index in [1.54, 1.807) is 30.3 Å². The minimum Gasteiger partial charge on any atom is -0.386 e. The Morgan fingerprint density at radius 2 is 1.61 bits per heavy atom. The van der Waals surface area contributed by atoms with Crippen LogP contribution in [-0.2, 0) is 0 Å². The summed E-state index contributed by atoms with van der Waals surface area (Å²) in [6.45, 7) is 0. The van der Waals surface area contributed by atoms with Gasteiger partial charge < -0.3 is 5.11 Å². The topological polar surface area (TPSA) is 55.1 Å². The molecule has 116 valence electrons. The number of hydrogen-bond donors (Lipinski definition) is 1. The van der Waals surface area contributed by atoms with Crippen LogP contribution < -0.4 is 5.56 Å². The summed E-state index contributed by atoms with van der Waals surface area (Å²) in [4.78, 5) is 12.2. The highest BCUT2D eigenvalue weighted by Gasteiger charge is 2.26. The quantitative estimate of drug-likeness (QED) is 0.801. The van der Waals surface area contributed by atoms with Gasteiger partial charge in [-0.05, 0) is 29.3 Å². The van der Waals surface area contributed by atoms with Crippen molar-refractivity contribution in [2.24, 2.45) is 0 Å². The molecule has 0 aliphatic rings. The normalized spacial score (nSPS) is 13.5. The maximum atomic E-state index is 12.2. The fourth-order valence-electron chi connectivity index (χ4n) is 2.53. The van der Waals surface area contributed by atoms with E-state index in [1.165, 1.54) is 16.9 Å². The minimum atomic E-state index is -0.928. The summed E-state index contributed by atoms with van der Waals surface area (Å²) in [5.41, 5.74) is 1.20. The molecule has 2 unspecified atom stereocenters. The lowest BCUT2D eigenvalue weighted by Gasteiger charge is -2.24. The van der Waals surface area contributed by atoms with Crippen LogP contribution in [0.4, 0.5) is 0 Å². The molecule has 1 heterocycles. The molecule has 2 aromatic carbocycles. The van der Waals surface area contributed by atoms with Gasteiger partial charge in [-0.2, -0.15) is 5.10 Å². The van der Waals surface area contributed by atoms with E-state index in [1.807, 2.05) is 30.3 Å². The highest BCUT2D eigenvalue weighted by Crippen LogP contribution is 2.31. The fourth-order valence-corrected chi connectivity index (χ4v) is 2.65. The van der Waals surface area contributed by atoms with Gasteiger partial charge in [-0.3, -0.25) is 4.79 Å². The van der Waals surface area contributed by atoms with Crippen LogP contribution in [0.5, 0.6) is 0 Å². The molecule has 0 radical (unpaired) electrons. The molecular formula is C18H15ClN2O2. The molecule has 23 heavy (non-hydrogen) atoms. The summed E-state index contributed by atoms with van der Waals surface area (Å²) in [5.74, 6) is 0.